The molecule has 3 aromatic rings. The molecule has 7 amide bonds. The standard InChI is InChI=1S/C45H57N13O6/c1-51-16-25-57(45(51)64)33-5-3-14-56(27-33)37-26-47-40(41(46)61)42(49-37)48-31-7-9-32(10-8-31)54-21-23-55(24-22-54)39(60)29-53-19-17-52(18-20-53)15-13-30-4-2-6-34-35(30)28-58(44(34)63)36-11-12-38(59)50-43(36)62/h2,4,6-10,26,33,36H,3,5,11-25,27-29H2,1H3,(H2,46,61)(H,48,49)(H,50,59,62)/t33-,36?/m1/s1. The molecule has 19 nitrogen and oxygen atoms in total. The van der Waals surface area contributed by atoms with Gasteiger partial charge in [0.1, 0.15) is 11.9 Å². The van der Waals surface area contributed by atoms with Crippen LogP contribution in [-0.2, 0) is 27.3 Å². The molecule has 5 saturated heterocycles. The first-order valence-corrected chi connectivity index (χ1v) is 22.5. The van der Waals surface area contributed by atoms with E-state index in [2.05, 4.69) is 41.3 Å². The molecule has 6 aliphatic rings. The van der Waals surface area contributed by atoms with Gasteiger partial charge < -0.3 is 45.3 Å². The summed E-state index contributed by atoms with van der Waals surface area (Å²) in [5.41, 5.74) is 10.2. The molecule has 19 heteroatoms. The van der Waals surface area contributed by atoms with Gasteiger partial charge in [0.15, 0.2) is 11.5 Å². The van der Waals surface area contributed by atoms with Crippen molar-refractivity contribution in [2.45, 2.75) is 50.7 Å². The van der Waals surface area contributed by atoms with Crippen LogP contribution < -0.4 is 26.2 Å². The predicted octanol–water partition coefficient (Wildman–Crippen LogP) is 0.925. The third kappa shape index (κ3) is 9.04. The maximum atomic E-state index is 13.4. The number of fused-ring (bicyclic) bond motifs is 1. The Morgan fingerprint density at radius 3 is 2.33 bits per heavy atom. The van der Waals surface area contributed by atoms with E-state index >= 15 is 0 Å². The molecule has 1 aromatic heterocycles. The van der Waals surface area contributed by atoms with Gasteiger partial charge in [0, 0.05) is 122 Å². The fraction of sp³-hybridized carbons (Fsp3) is 0.511. The Hall–Kier alpha value is -6.34. The molecule has 1 unspecified atom stereocenters. The number of nitrogens with two attached hydrogens (primary N) is 1. The SMILES string of the molecule is CN1CCN([C@@H]2CCCN(c3cnc(C(N)=O)c(Nc4ccc(N5CCN(C(=O)CN6CCN(CCc7cccc8c7CN(C7CCC(=O)NC7=O)C8=O)CC6)CC5)cc4)n3)C2)C1=O. The smallest absolute Gasteiger partial charge is 0.320 e. The van der Waals surface area contributed by atoms with Gasteiger partial charge in [-0.3, -0.25) is 34.2 Å². The van der Waals surface area contributed by atoms with Crippen molar-refractivity contribution in [1.29, 1.82) is 0 Å². The molecule has 6 aliphatic heterocycles. The molecule has 9 rings (SSSR count). The second-order valence-corrected chi connectivity index (χ2v) is 17.7. The van der Waals surface area contributed by atoms with Crippen molar-refractivity contribution in [1.82, 2.24) is 44.7 Å². The minimum atomic E-state index is -0.680. The number of benzene rings is 2. The molecule has 0 radical (unpaired) electrons. The molecule has 0 saturated carbocycles. The van der Waals surface area contributed by atoms with E-state index in [9.17, 15) is 28.8 Å². The molecule has 2 aromatic carbocycles. The summed E-state index contributed by atoms with van der Waals surface area (Å²) in [6.07, 6.45) is 4.77. The Kier molecular flexibility index (Phi) is 12.3. The monoisotopic (exact) mass is 875 g/mol. The molecule has 4 N–H and O–H groups in total. The fourth-order valence-corrected chi connectivity index (χ4v) is 9.96. The lowest BCUT2D eigenvalue weighted by atomic mass is 10.0. The topological polar surface area (TPSA) is 204 Å². The Balaban J connectivity index is 0.721. The number of aromatic nitrogens is 2. The van der Waals surface area contributed by atoms with E-state index in [0.29, 0.717) is 70.2 Å². The van der Waals surface area contributed by atoms with E-state index in [-0.39, 0.29) is 47.7 Å². The van der Waals surface area contributed by atoms with Gasteiger partial charge in [-0.1, -0.05) is 12.1 Å². The normalized spacial score (nSPS) is 22.3. The van der Waals surface area contributed by atoms with Crippen molar-refractivity contribution in [2.24, 2.45) is 5.73 Å². The summed E-state index contributed by atoms with van der Waals surface area (Å²) in [7, 11) is 1.83. The molecule has 0 aliphatic carbocycles. The van der Waals surface area contributed by atoms with Gasteiger partial charge in [0.05, 0.1) is 18.8 Å². The first kappa shape index (κ1) is 42.9. The van der Waals surface area contributed by atoms with Crippen molar-refractivity contribution < 1.29 is 28.8 Å². The zero-order chi connectivity index (χ0) is 44.5. The van der Waals surface area contributed by atoms with Gasteiger partial charge in [0.25, 0.3) is 11.8 Å². The van der Waals surface area contributed by atoms with Crippen LogP contribution in [0.5, 0.6) is 0 Å². The first-order valence-electron chi connectivity index (χ1n) is 22.5. The van der Waals surface area contributed by atoms with E-state index in [0.717, 1.165) is 87.6 Å². The first-order chi connectivity index (χ1) is 31.0. The summed E-state index contributed by atoms with van der Waals surface area (Å²) in [5, 5.41) is 5.64. The largest absolute Gasteiger partial charge is 0.368 e. The number of anilines is 4. The molecule has 0 spiro atoms. The highest BCUT2D eigenvalue weighted by Crippen LogP contribution is 2.31. The number of urea groups is 1. The van der Waals surface area contributed by atoms with Gasteiger partial charge in [-0.25, -0.2) is 14.8 Å². The van der Waals surface area contributed by atoms with Crippen LogP contribution in [0.4, 0.5) is 27.8 Å². The van der Waals surface area contributed by atoms with Crippen molar-refractivity contribution in [3.63, 3.8) is 0 Å². The molecular formula is C45H57N13O6. The summed E-state index contributed by atoms with van der Waals surface area (Å²) in [4.78, 5) is 101. The second kappa shape index (κ2) is 18.4. The third-order valence-corrected chi connectivity index (χ3v) is 13.7. The van der Waals surface area contributed by atoms with Crippen LogP contribution >= 0.6 is 0 Å². The van der Waals surface area contributed by atoms with Gasteiger partial charge >= 0.3 is 6.03 Å². The number of hydrogen-bond donors (Lipinski definition) is 3. The van der Waals surface area contributed by atoms with Crippen LogP contribution in [0.2, 0.25) is 0 Å². The fourth-order valence-electron chi connectivity index (χ4n) is 9.96. The van der Waals surface area contributed by atoms with Crippen molar-refractivity contribution in [3.05, 3.63) is 71.0 Å². The van der Waals surface area contributed by atoms with Gasteiger partial charge in [-0.15, -0.1) is 0 Å². The number of imide groups is 1. The lowest BCUT2D eigenvalue weighted by Crippen LogP contribution is -2.54. The Morgan fingerprint density at radius 2 is 1.61 bits per heavy atom. The highest BCUT2D eigenvalue weighted by molar-refractivity contribution is 6.05. The van der Waals surface area contributed by atoms with Crippen LogP contribution in [0.15, 0.2) is 48.7 Å². The maximum Gasteiger partial charge on any atom is 0.320 e. The summed E-state index contributed by atoms with van der Waals surface area (Å²) in [6.45, 7) is 10.4. The van der Waals surface area contributed by atoms with Crippen LogP contribution in [0, 0.1) is 0 Å². The number of piperazine rings is 2. The number of nitrogens with one attached hydrogen (secondary N) is 2. The molecule has 2 atom stereocenters. The van der Waals surface area contributed by atoms with Gasteiger partial charge in [-0.2, -0.15) is 0 Å². The summed E-state index contributed by atoms with van der Waals surface area (Å²) in [5.74, 6) is -0.487. The van der Waals surface area contributed by atoms with E-state index in [1.54, 1.807) is 16.0 Å². The van der Waals surface area contributed by atoms with Crippen molar-refractivity contribution >= 4 is 58.6 Å². The van der Waals surface area contributed by atoms with E-state index in [1.165, 1.54) is 0 Å². The number of carbonyl (C=O) groups is 6. The molecule has 5 fully saturated rings. The molecule has 64 heavy (non-hydrogen) atoms. The summed E-state index contributed by atoms with van der Waals surface area (Å²) in [6, 6.07) is 13.2. The Labute approximate surface area is 372 Å². The number of piperidine rings is 2. The number of amides is 7. The minimum absolute atomic E-state index is 0.0497. The maximum absolute atomic E-state index is 13.4. The average molecular weight is 876 g/mol. The van der Waals surface area contributed by atoms with Crippen molar-refractivity contribution in [2.75, 3.05) is 114 Å². The second-order valence-electron chi connectivity index (χ2n) is 17.7. The van der Waals surface area contributed by atoms with Gasteiger partial charge in [0.2, 0.25) is 17.7 Å². The van der Waals surface area contributed by atoms with Crippen LogP contribution in [0.1, 0.15) is 57.7 Å². The average Bonchev–Trinajstić information content (AvgIpc) is 3.83. The number of carbonyl (C=O) groups excluding carboxylic acids is 6. The number of likely N-dealkylation sites (N-methyl/N-ethyl adjacent to an activating group) is 1. The van der Waals surface area contributed by atoms with Gasteiger partial charge in [-0.05, 0) is 67.1 Å². The summed E-state index contributed by atoms with van der Waals surface area (Å²) < 4.78 is 0. The molecule has 0 bridgehead atoms. The zero-order valence-corrected chi connectivity index (χ0v) is 36.4. The molecule has 338 valence electrons. The van der Waals surface area contributed by atoms with Crippen molar-refractivity contribution in [3.8, 4) is 0 Å². The lowest BCUT2D eigenvalue weighted by Gasteiger charge is -2.38. The van der Waals surface area contributed by atoms with E-state index < -0.39 is 17.9 Å². The number of nitrogens with zero attached hydrogens (tertiary/aromatic N) is 10. The van der Waals surface area contributed by atoms with Crippen LogP contribution in [-0.4, -0.2) is 186 Å². The zero-order valence-electron chi connectivity index (χ0n) is 36.4. The highest BCUT2D eigenvalue weighted by Gasteiger charge is 2.40. The number of hydrogen-bond acceptors (Lipinski definition) is 13. The predicted molar refractivity (Wildman–Crippen MR) is 238 cm³/mol. The van der Waals surface area contributed by atoms with Crippen LogP contribution in [0.25, 0.3) is 0 Å². The quantitative estimate of drug-likeness (QED) is 0.217. The Bertz CT molecular complexity index is 2290. The van der Waals surface area contributed by atoms with E-state index in [4.69, 9.17) is 10.7 Å². The summed E-state index contributed by atoms with van der Waals surface area (Å²) >= 11 is 0. The number of primary amides is 1. The minimum Gasteiger partial charge on any atom is -0.368 e. The molecular weight excluding hydrogens is 819 g/mol. The lowest BCUT2D eigenvalue weighted by molar-refractivity contribution is -0.137. The van der Waals surface area contributed by atoms with Crippen LogP contribution in [0.3, 0.4) is 0 Å². The highest BCUT2D eigenvalue weighted by atomic mass is 16.2. The third-order valence-electron chi connectivity index (χ3n) is 13.7. The number of rotatable bonds is 12. The molecule has 7 heterocycles. The van der Waals surface area contributed by atoms with E-state index in [1.807, 2.05) is 53.2 Å². The Morgan fingerprint density at radius 1 is 0.844 bits per heavy atom.